The molecule has 0 saturated carbocycles. The Bertz CT molecular complexity index is 1210. The summed E-state index contributed by atoms with van der Waals surface area (Å²) in [5, 5.41) is 6.97. The van der Waals surface area contributed by atoms with Gasteiger partial charge in [-0.05, 0) is 48.6 Å². The molecular formula is C20H13BrN4O4S. The van der Waals surface area contributed by atoms with Gasteiger partial charge in [-0.25, -0.2) is 5.43 Å². The van der Waals surface area contributed by atoms with E-state index in [9.17, 15) is 14.4 Å². The number of anilines is 1. The highest BCUT2D eigenvalue weighted by Crippen LogP contribution is 2.23. The molecule has 0 radical (unpaired) electrons. The number of fused-ring (bicyclic) bond motifs is 1. The smallest absolute Gasteiger partial charge is 0.307 e. The Kier molecular flexibility index (Phi) is 5.42. The highest BCUT2D eigenvalue weighted by atomic mass is 79.9. The van der Waals surface area contributed by atoms with Crippen LogP contribution in [0.5, 0.6) is 0 Å². The molecule has 30 heavy (non-hydrogen) atoms. The van der Waals surface area contributed by atoms with Crippen LogP contribution in [0.2, 0.25) is 0 Å². The van der Waals surface area contributed by atoms with Gasteiger partial charge in [0.1, 0.15) is 5.58 Å². The van der Waals surface area contributed by atoms with Gasteiger partial charge >= 0.3 is 5.91 Å². The number of hydrogen-bond donors (Lipinski definition) is 2. The van der Waals surface area contributed by atoms with Gasteiger partial charge in [0.25, 0.3) is 5.91 Å². The van der Waals surface area contributed by atoms with Gasteiger partial charge in [-0.1, -0.05) is 34.1 Å². The van der Waals surface area contributed by atoms with Crippen LogP contribution in [-0.4, -0.2) is 29.0 Å². The third-order valence-corrected chi connectivity index (χ3v) is 5.09. The van der Waals surface area contributed by atoms with Crippen molar-refractivity contribution in [3.63, 3.8) is 0 Å². The molecule has 8 nitrogen and oxygen atoms in total. The predicted octanol–water partition coefficient (Wildman–Crippen LogP) is 2.98. The van der Waals surface area contributed by atoms with Gasteiger partial charge in [-0.3, -0.25) is 19.3 Å². The molecule has 2 aromatic carbocycles. The Labute approximate surface area is 184 Å². The van der Waals surface area contributed by atoms with Crippen molar-refractivity contribution < 1.29 is 18.8 Å². The summed E-state index contributed by atoms with van der Waals surface area (Å²) in [5.74, 6) is -3.00. The number of carbonyl (C=O) groups excluding carboxylic acids is 3. The number of carbonyl (C=O) groups is 3. The predicted molar refractivity (Wildman–Crippen MR) is 118 cm³/mol. The lowest BCUT2D eigenvalue weighted by Gasteiger charge is -2.30. The van der Waals surface area contributed by atoms with Gasteiger partial charge < -0.3 is 9.73 Å². The lowest BCUT2D eigenvalue weighted by molar-refractivity contribution is -0.130. The molecule has 3 amide bonds. The van der Waals surface area contributed by atoms with E-state index in [0.29, 0.717) is 11.3 Å². The summed E-state index contributed by atoms with van der Waals surface area (Å²) in [6, 6.07) is 15.6. The van der Waals surface area contributed by atoms with Crippen LogP contribution in [0.15, 0.2) is 68.6 Å². The highest BCUT2D eigenvalue weighted by molar-refractivity contribution is 9.10. The van der Waals surface area contributed by atoms with Gasteiger partial charge in [0.2, 0.25) is 5.91 Å². The molecule has 1 atom stereocenters. The van der Waals surface area contributed by atoms with Crippen molar-refractivity contribution in [2.45, 2.75) is 0 Å². The molecule has 1 fully saturated rings. The molecule has 1 saturated heterocycles. The second-order valence-electron chi connectivity index (χ2n) is 6.29. The zero-order chi connectivity index (χ0) is 21.3. The lowest BCUT2D eigenvalue weighted by Crippen LogP contribution is -2.58. The van der Waals surface area contributed by atoms with Crippen LogP contribution >= 0.6 is 28.1 Å². The Morgan fingerprint density at radius 3 is 2.73 bits per heavy atom. The van der Waals surface area contributed by atoms with Gasteiger partial charge in [0, 0.05) is 16.1 Å². The molecule has 0 aliphatic carbocycles. The summed E-state index contributed by atoms with van der Waals surface area (Å²) in [6.07, 6.45) is 1.06. The average Bonchev–Trinajstić information content (AvgIpc) is 3.14. The first-order chi connectivity index (χ1) is 14.4. The minimum absolute atomic E-state index is 0.0154. The SMILES string of the molecule is O=C(N/N=C/[C@H]1C(=O)NC(=S)N(c2ccccc2)C1=O)c1cc2cc(Br)ccc2o1. The van der Waals surface area contributed by atoms with Crippen LogP contribution in [-0.2, 0) is 9.59 Å². The van der Waals surface area contributed by atoms with E-state index in [2.05, 4.69) is 31.8 Å². The maximum Gasteiger partial charge on any atom is 0.307 e. The molecule has 0 bridgehead atoms. The van der Waals surface area contributed by atoms with Crippen molar-refractivity contribution in [1.29, 1.82) is 0 Å². The molecule has 2 heterocycles. The number of halogens is 1. The first-order valence-corrected chi connectivity index (χ1v) is 9.90. The molecule has 0 unspecified atom stereocenters. The first kappa shape index (κ1) is 19.9. The summed E-state index contributed by atoms with van der Waals surface area (Å²) in [6.45, 7) is 0. The van der Waals surface area contributed by atoms with Crippen molar-refractivity contribution in [2.75, 3.05) is 4.90 Å². The van der Waals surface area contributed by atoms with E-state index >= 15 is 0 Å². The molecule has 4 rings (SSSR count). The normalized spacial score (nSPS) is 16.9. The number of nitrogens with zero attached hydrogens (tertiary/aromatic N) is 2. The Hall–Kier alpha value is -3.37. The molecule has 3 aromatic rings. The van der Waals surface area contributed by atoms with Crippen LogP contribution in [0.1, 0.15) is 10.6 Å². The lowest BCUT2D eigenvalue weighted by atomic mass is 10.1. The topological polar surface area (TPSA) is 104 Å². The number of hydrazone groups is 1. The molecule has 10 heteroatoms. The van der Waals surface area contributed by atoms with Crippen molar-refractivity contribution in [2.24, 2.45) is 11.0 Å². The zero-order valence-corrected chi connectivity index (χ0v) is 17.6. The van der Waals surface area contributed by atoms with E-state index in [-0.39, 0.29) is 10.9 Å². The maximum atomic E-state index is 12.8. The van der Waals surface area contributed by atoms with Gasteiger partial charge in [0.05, 0.1) is 5.69 Å². The van der Waals surface area contributed by atoms with Crippen molar-refractivity contribution in [3.8, 4) is 0 Å². The number of furan rings is 1. The van der Waals surface area contributed by atoms with Crippen LogP contribution in [0.25, 0.3) is 11.0 Å². The van der Waals surface area contributed by atoms with Gasteiger partial charge in [0.15, 0.2) is 16.8 Å². The largest absolute Gasteiger partial charge is 0.451 e. The average molecular weight is 485 g/mol. The maximum absolute atomic E-state index is 12.8. The molecular weight excluding hydrogens is 472 g/mol. The van der Waals surface area contributed by atoms with Crippen LogP contribution < -0.4 is 15.6 Å². The van der Waals surface area contributed by atoms with E-state index < -0.39 is 23.6 Å². The fourth-order valence-corrected chi connectivity index (χ4v) is 3.57. The molecule has 1 aliphatic rings. The van der Waals surface area contributed by atoms with E-state index in [0.717, 1.165) is 16.1 Å². The van der Waals surface area contributed by atoms with E-state index in [4.69, 9.17) is 16.6 Å². The van der Waals surface area contributed by atoms with Crippen molar-refractivity contribution in [1.82, 2.24) is 10.7 Å². The van der Waals surface area contributed by atoms with E-state index in [1.165, 1.54) is 4.90 Å². The molecule has 150 valence electrons. The molecule has 0 spiro atoms. The fraction of sp³-hybridized carbons (Fsp3) is 0.0500. The van der Waals surface area contributed by atoms with Gasteiger partial charge in [-0.2, -0.15) is 5.10 Å². The summed E-state index contributed by atoms with van der Waals surface area (Å²) in [7, 11) is 0. The second-order valence-corrected chi connectivity index (χ2v) is 7.60. The van der Waals surface area contributed by atoms with E-state index in [1.807, 2.05) is 6.07 Å². The van der Waals surface area contributed by atoms with Crippen molar-refractivity contribution >= 4 is 73.9 Å². The third kappa shape index (κ3) is 3.87. The Balaban J connectivity index is 1.49. The van der Waals surface area contributed by atoms with Crippen LogP contribution in [0, 0.1) is 5.92 Å². The number of hydrogen-bond acceptors (Lipinski definition) is 6. The molecule has 1 aliphatic heterocycles. The van der Waals surface area contributed by atoms with Gasteiger partial charge in [-0.15, -0.1) is 0 Å². The summed E-state index contributed by atoms with van der Waals surface area (Å²) < 4.78 is 6.33. The second kappa shape index (κ2) is 8.17. The zero-order valence-electron chi connectivity index (χ0n) is 15.2. The first-order valence-electron chi connectivity index (χ1n) is 8.70. The van der Waals surface area contributed by atoms with Crippen molar-refractivity contribution in [3.05, 3.63) is 64.8 Å². The molecule has 1 aromatic heterocycles. The third-order valence-electron chi connectivity index (χ3n) is 4.31. The minimum Gasteiger partial charge on any atom is -0.451 e. The summed E-state index contributed by atoms with van der Waals surface area (Å²) in [5.41, 5.74) is 3.33. The minimum atomic E-state index is -1.25. The van der Waals surface area contributed by atoms with Crippen LogP contribution in [0.4, 0.5) is 5.69 Å². The summed E-state index contributed by atoms with van der Waals surface area (Å²) in [4.78, 5) is 38.5. The summed E-state index contributed by atoms with van der Waals surface area (Å²) >= 11 is 8.47. The van der Waals surface area contributed by atoms with Crippen LogP contribution in [0.3, 0.4) is 0 Å². The Morgan fingerprint density at radius 2 is 1.97 bits per heavy atom. The number of para-hydroxylation sites is 1. The Morgan fingerprint density at radius 1 is 1.20 bits per heavy atom. The number of nitrogens with one attached hydrogen (secondary N) is 2. The monoisotopic (exact) mass is 484 g/mol. The number of amides is 3. The number of thiocarbonyl (C=S) groups is 1. The van der Waals surface area contributed by atoms with E-state index in [1.54, 1.807) is 48.5 Å². The number of benzene rings is 2. The highest BCUT2D eigenvalue weighted by Gasteiger charge is 2.38. The fourth-order valence-electron chi connectivity index (χ4n) is 2.90. The molecule has 2 N–H and O–H groups in total. The standard InChI is InChI=1S/C20H13BrN4O4S/c21-12-6-7-15-11(8-12)9-16(29-15)18(27)24-22-10-14-17(26)23-20(30)25(19(14)28)13-4-2-1-3-5-13/h1-10,14H,(H,24,27)(H,23,26,30)/b22-10+/t14-/m0/s1. The quantitative estimate of drug-likeness (QED) is 0.256. The number of rotatable bonds is 4.